The molecule has 0 aliphatic carbocycles. The summed E-state index contributed by atoms with van der Waals surface area (Å²) < 4.78 is 72.1. The molecule has 0 bridgehead atoms. The highest BCUT2D eigenvalue weighted by Gasteiger charge is 2.37. The maximum absolute atomic E-state index is 14.4. The van der Waals surface area contributed by atoms with Crippen molar-refractivity contribution in [3.8, 4) is 0 Å². The predicted octanol–water partition coefficient (Wildman–Crippen LogP) is 6.81. The first-order valence-electron chi connectivity index (χ1n) is 11.4. The number of fused-ring (bicyclic) bond motifs is 1. The number of benzene rings is 3. The van der Waals surface area contributed by atoms with Crippen molar-refractivity contribution in [2.75, 3.05) is 5.01 Å². The Labute approximate surface area is 208 Å². The van der Waals surface area contributed by atoms with Crippen LogP contribution in [0.5, 0.6) is 0 Å². The quantitative estimate of drug-likeness (QED) is 0.129. The number of amides is 1. The fourth-order valence-corrected chi connectivity index (χ4v) is 4.53. The minimum atomic E-state index is -2.31. The summed E-state index contributed by atoms with van der Waals surface area (Å²) in [4.78, 5) is 13.2. The summed E-state index contributed by atoms with van der Waals surface area (Å²) in [5.41, 5.74) is 3.11. The molecule has 0 spiro atoms. The molecular weight excluding hydrogens is 489 g/mol. The normalized spacial score (nSPS) is 14.8. The molecule has 0 saturated carbocycles. The van der Waals surface area contributed by atoms with E-state index in [1.165, 1.54) is 6.92 Å². The molecule has 0 N–H and O–H groups in total. The van der Waals surface area contributed by atoms with Crippen LogP contribution in [0.15, 0.2) is 59.2 Å². The molecule has 37 heavy (non-hydrogen) atoms. The van der Waals surface area contributed by atoms with E-state index in [9.17, 15) is 26.7 Å². The van der Waals surface area contributed by atoms with Gasteiger partial charge < -0.3 is 4.57 Å². The molecule has 5 rings (SSSR count). The highest BCUT2D eigenvalue weighted by atomic mass is 19.2. The number of carbonyl (C=O) groups excluding carboxylic acids is 1. The van der Waals surface area contributed by atoms with Crippen molar-refractivity contribution in [1.29, 1.82) is 0 Å². The standard InChI is InChI=1S/C28H20F5N3O/c1-14-9-10-21-20(11-14)19(16(3)35(21)13-17-7-5-4-6-8-17)12-18-15(2)34-36(28(18)37)27-25(32)23(30)22(29)24(31)26(27)33/h4-12H,13H2,1-3H3/b18-12+. The molecule has 1 aliphatic heterocycles. The fourth-order valence-electron chi connectivity index (χ4n) is 4.53. The van der Waals surface area contributed by atoms with E-state index >= 15 is 0 Å². The lowest BCUT2D eigenvalue weighted by Crippen LogP contribution is -2.25. The van der Waals surface area contributed by atoms with Gasteiger partial charge in [0, 0.05) is 28.7 Å². The SMILES string of the molecule is CC1=NN(c2c(F)c(F)c(F)c(F)c2F)C(=O)/C1=C/c1c(C)n(Cc2ccccc2)c2ccc(C)cc12. The van der Waals surface area contributed by atoms with Crippen LogP contribution in [0.1, 0.15) is 29.3 Å². The van der Waals surface area contributed by atoms with Gasteiger partial charge in [-0.3, -0.25) is 4.79 Å². The largest absolute Gasteiger partial charge is 0.340 e. The van der Waals surface area contributed by atoms with E-state index in [1.54, 1.807) is 6.08 Å². The number of halogens is 5. The van der Waals surface area contributed by atoms with E-state index in [1.807, 2.05) is 62.4 Å². The minimum absolute atomic E-state index is 0.0210. The molecule has 4 nitrogen and oxygen atoms in total. The molecule has 2 heterocycles. The first-order chi connectivity index (χ1) is 17.6. The maximum atomic E-state index is 14.4. The summed E-state index contributed by atoms with van der Waals surface area (Å²) in [6.07, 6.45) is 1.55. The summed E-state index contributed by atoms with van der Waals surface area (Å²) >= 11 is 0. The number of hydrogen-bond donors (Lipinski definition) is 0. The molecule has 1 amide bonds. The Morgan fingerprint density at radius 3 is 2.11 bits per heavy atom. The Morgan fingerprint density at radius 2 is 1.46 bits per heavy atom. The van der Waals surface area contributed by atoms with E-state index < -0.39 is 40.7 Å². The Hall–Kier alpha value is -4.27. The average molecular weight is 509 g/mol. The summed E-state index contributed by atoms with van der Waals surface area (Å²) in [6, 6.07) is 15.7. The second-order valence-electron chi connectivity index (χ2n) is 8.87. The first kappa shape index (κ1) is 24.4. The van der Waals surface area contributed by atoms with Gasteiger partial charge in [-0.1, -0.05) is 42.0 Å². The van der Waals surface area contributed by atoms with Crippen LogP contribution in [0, 0.1) is 42.9 Å². The molecular formula is C28H20F5N3O. The summed E-state index contributed by atoms with van der Waals surface area (Å²) in [5, 5.41) is 4.91. The number of aryl methyl sites for hydroxylation is 1. The molecule has 0 atom stereocenters. The maximum Gasteiger partial charge on any atom is 0.280 e. The number of carbonyl (C=O) groups is 1. The number of nitrogens with zero attached hydrogens (tertiary/aromatic N) is 3. The fraction of sp³-hybridized carbons (Fsp3) is 0.143. The molecule has 1 aromatic heterocycles. The molecule has 1 aliphatic rings. The van der Waals surface area contributed by atoms with E-state index in [0.717, 1.165) is 27.7 Å². The molecule has 3 aromatic carbocycles. The summed E-state index contributed by atoms with van der Waals surface area (Å²) in [7, 11) is 0. The van der Waals surface area contributed by atoms with Crippen molar-refractivity contribution in [1.82, 2.24) is 4.57 Å². The van der Waals surface area contributed by atoms with Gasteiger partial charge >= 0.3 is 0 Å². The minimum Gasteiger partial charge on any atom is -0.340 e. The van der Waals surface area contributed by atoms with E-state index in [-0.39, 0.29) is 16.3 Å². The molecule has 0 fully saturated rings. The van der Waals surface area contributed by atoms with Crippen LogP contribution in [0.3, 0.4) is 0 Å². The highest BCUT2D eigenvalue weighted by molar-refractivity contribution is 6.32. The zero-order chi connectivity index (χ0) is 26.6. The summed E-state index contributed by atoms with van der Waals surface area (Å²) in [5.74, 6) is -11.9. The lowest BCUT2D eigenvalue weighted by molar-refractivity contribution is -0.114. The molecule has 0 saturated heterocycles. The molecule has 4 aromatic rings. The van der Waals surface area contributed by atoms with Crippen LogP contribution in [0.25, 0.3) is 17.0 Å². The lowest BCUT2D eigenvalue weighted by Gasteiger charge is -2.15. The zero-order valence-corrected chi connectivity index (χ0v) is 20.0. The predicted molar refractivity (Wildman–Crippen MR) is 132 cm³/mol. The molecule has 0 radical (unpaired) electrons. The third-order valence-electron chi connectivity index (χ3n) is 6.46. The van der Waals surface area contributed by atoms with Crippen molar-refractivity contribution >= 4 is 34.3 Å². The van der Waals surface area contributed by atoms with Gasteiger partial charge in [0.05, 0.1) is 11.3 Å². The number of hydrogen-bond acceptors (Lipinski definition) is 2. The number of hydrazone groups is 1. The van der Waals surface area contributed by atoms with E-state index in [0.29, 0.717) is 12.1 Å². The van der Waals surface area contributed by atoms with Crippen LogP contribution >= 0.6 is 0 Å². The van der Waals surface area contributed by atoms with Gasteiger partial charge in [0.2, 0.25) is 5.82 Å². The average Bonchev–Trinajstić information content (AvgIpc) is 3.30. The Kier molecular flexibility index (Phi) is 5.94. The first-order valence-corrected chi connectivity index (χ1v) is 11.4. The van der Waals surface area contributed by atoms with Gasteiger partial charge in [-0.25, -0.2) is 22.0 Å². The third-order valence-corrected chi connectivity index (χ3v) is 6.46. The Bertz CT molecular complexity index is 1630. The van der Waals surface area contributed by atoms with Crippen LogP contribution in [0.4, 0.5) is 27.6 Å². The summed E-state index contributed by atoms with van der Waals surface area (Å²) in [6.45, 7) is 5.81. The van der Waals surface area contributed by atoms with Crippen molar-refractivity contribution in [3.63, 3.8) is 0 Å². The van der Waals surface area contributed by atoms with Crippen molar-refractivity contribution in [3.05, 3.63) is 106 Å². The van der Waals surface area contributed by atoms with Crippen LogP contribution in [0.2, 0.25) is 0 Å². The van der Waals surface area contributed by atoms with Crippen LogP contribution < -0.4 is 5.01 Å². The van der Waals surface area contributed by atoms with Gasteiger partial charge in [-0.15, -0.1) is 0 Å². The van der Waals surface area contributed by atoms with Crippen molar-refractivity contribution in [2.24, 2.45) is 5.10 Å². The van der Waals surface area contributed by atoms with Gasteiger partial charge in [-0.05, 0) is 44.5 Å². The molecule has 188 valence electrons. The van der Waals surface area contributed by atoms with Gasteiger partial charge in [0.25, 0.3) is 5.91 Å². The second-order valence-corrected chi connectivity index (χ2v) is 8.87. The third kappa shape index (κ3) is 3.91. The van der Waals surface area contributed by atoms with Crippen molar-refractivity contribution < 1.29 is 26.7 Å². The van der Waals surface area contributed by atoms with Gasteiger partial charge in [0.1, 0.15) is 5.69 Å². The highest BCUT2D eigenvalue weighted by Crippen LogP contribution is 2.35. The van der Waals surface area contributed by atoms with Crippen LogP contribution in [-0.4, -0.2) is 16.2 Å². The zero-order valence-electron chi connectivity index (χ0n) is 20.0. The van der Waals surface area contributed by atoms with Crippen LogP contribution in [-0.2, 0) is 11.3 Å². The smallest absolute Gasteiger partial charge is 0.280 e. The van der Waals surface area contributed by atoms with E-state index in [2.05, 4.69) is 9.67 Å². The van der Waals surface area contributed by atoms with Gasteiger partial charge in [-0.2, -0.15) is 10.1 Å². The van der Waals surface area contributed by atoms with Crippen molar-refractivity contribution in [2.45, 2.75) is 27.3 Å². The molecule has 0 unspecified atom stereocenters. The number of aromatic nitrogens is 1. The second kappa shape index (κ2) is 8.99. The van der Waals surface area contributed by atoms with Gasteiger partial charge in [0.15, 0.2) is 23.3 Å². The Morgan fingerprint density at radius 1 is 0.838 bits per heavy atom. The number of rotatable bonds is 4. The molecule has 9 heteroatoms. The Balaban J connectivity index is 1.64. The lowest BCUT2D eigenvalue weighted by atomic mass is 10.0. The monoisotopic (exact) mass is 509 g/mol. The topological polar surface area (TPSA) is 37.6 Å². The number of anilines is 1. The van der Waals surface area contributed by atoms with E-state index in [4.69, 9.17) is 0 Å².